The Hall–Kier alpha value is -0.0800. The summed E-state index contributed by atoms with van der Waals surface area (Å²) in [5.41, 5.74) is 0.0884. The van der Waals surface area contributed by atoms with Crippen LogP contribution in [0, 0.1) is 11.8 Å². The molecule has 0 aromatic carbocycles. The summed E-state index contributed by atoms with van der Waals surface area (Å²) in [6.07, 6.45) is 6.09. The lowest BCUT2D eigenvalue weighted by molar-refractivity contribution is -0.0278. The van der Waals surface area contributed by atoms with Crippen LogP contribution in [0.3, 0.4) is 0 Å². The molecule has 2 fully saturated rings. The van der Waals surface area contributed by atoms with E-state index in [1.54, 1.807) is 0 Å². The minimum atomic E-state index is -0.0654. The summed E-state index contributed by atoms with van der Waals surface area (Å²) >= 11 is 0. The van der Waals surface area contributed by atoms with Crippen molar-refractivity contribution >= 4 is 0 Å². The zero-order valence-electron chi connectivity index (χ0n) is 10.2. The Morgan fingerprint density at radius 1 is 1.27 bits per heavy atom. The highest BCUT2D eigenvalue weighted by atomic mass is 16.5. The van der Waals surface area contributed by atoms with Crippen LogP contribution in [-0.4, -0.2) is 22.9 Å². The van der Waals surface area contributed by atoms with Crippen molar-refractivity contribution in [2.75, 3.05) is 0 Å². The topological polar surface area (TPSA) is 29.5 Å². The van der Waals surface area contributed by atoms with Crippen LogP contribution in [0.25, 0.3) is 0 Å². The van der Waals surface area contributed by atoms with E-state index in [0.717, 1.165) is 12.8 Å². The number of aliphatic hydroxyl groups excluding tert-OH is 1. The molecule has 2 heteroatoms. The molecule has 0 aromatic rings. The van der Waals surface area contributed by atoms with Crippen LogP contribution in [-0.2, 0) is 4.74 Å². The minimum absolute atomic E-state index is 0.0654. The van der Waals surface area contributed by atoms with Crippen molar-refractivity contribution in [1.29, 1.82) is 0 Å². The van der Waals surface area contributed by atoms with Gasteiger partial charge in [0.2, 0.25) is 0 Å². The largest absolute Gasteiger partial charge is 0.393 e. The number of aliphatic hydroxyl groups is 1. The second kappa shape index (κ2) is 4.06. The van der Waals surface area contributed by atoms with Crippen LogP contribution in [0.2, 0.25) is 0 Å². The maximum absolute atomic E-state index is 9.70. The van der Waals surface area contributed by atoms with Gasteiger partial charge in [-0.15, -0.1) is 0 Å². The zero-order chi connectivity index (χ0) is 11.1. The van der Waals surface area contributed by atoms with Crippen LogP contribution in [0.4, 0.5) is 0 Å². The fraction of sp³-hybridized carbons (Fsp3) is 1.00. The van der Waals surface area contributed by atoms with E-state index < -0.39 is 0 Å². The first kappa shape index (κ1) is 11.4. The third-order valence-electron chi connectivity index (χ3n) is 4.30. The molecule has 0 amide bonds. The molecule has 88 valence electrons. The molecule has 1 aliphatic heterocycles. The van der Waals surface area contributed by atoms with Gasteiger partial charge in [-0.3, -0.25) is 0 Å². The normalized spacial score (nSPS) is 44.8. The first-order valence-corrected chi connectivity index (χ1v) is 6.34. The molecule has 0 bridgehead atoms. The molecule has 1 saturated heterocycles. The standard InChI is InChI=1S/C13H24O2/c1-9-10(4-5-12(9)14)8-11-6-7-13(2,3)15-11/h9-12,14H,4-8H2,1-3H3. The molecule has 15 heavy (non-hydrogen) atoms. The number of ether oxygens (including phenoxy) is 1. The average Bonchev–Trinajstić information content (AvgIpc) is 2.63. The lowest BCUT2D eigenvalue weighted by Crippen LogP contribution is -2.23. The Balaban J connectivity index is 1.83. The average molecular weight is 212 g/mol. The van der Waals surface area contributed by atoms with Gasteiger partial charge in [0.25, 0.3) is 0 Å². The molecule has 1 saturated carbocycles. The second-order valence-corrected chi connectivity index (χ2v) is 6.04. The van der Waals surface area contributed by atoms with E-state index in [2.05, 4.69) is 20.8 Å². The predicted molar refractivity (Wildman–Crippen MR) is 60.7 cm³/mol. The van der Waals surface area contributed by atoms with Gasteiger partial charge in [-0.2, -0.15) is 0 Å². The third-order valence-corrected chi connectivity index (χ3v) is 4.30. The van der Waals surface area contributed by atoms with Crippen molar-refractivity contribution in [2.24, 2.45) is 11.8 Å². The van der Waals surface area contributed by atoms with Gasteiger partial charge < -0.3 is 9.84 Å². The quantitative estimate of drug-likeness (QED) is 0.762. The minimum Gasteiger partial charge on any atom is -0.393 e. The van der Waals surface area contributed by atoms with Crippen molar-refractivity contribution in [3.05, 3.63) is 0 Å². The Kier molecular flexibility index (Phi) is 3.09. The van der Waals surface area contributed by atoms with Crippen LogP contribution >= 0.6 is 0 Å². The molecule has 4 atom stereocenters. The smallest absolute Gasteiger partial charge is 0.0631 e. The van der Waals surface area contributed by atoms with E-state index in [-0.39, 0.29) is 11.7 Å². The molecule has 4 unspecified atom stereocenters. The number of hydrogen-bond acceptors (Lipinski definition) is 2. The fourth-order valence-corrected chi connectivity index (χ4v) is 3.14. The molecule has 2 nitrogen and oxygen atoms in total. The van der Waals surface area contributed by atoms with Crippen LogP contribution in [0.5, 0.6) is 0 Å². The molecule has 0 spiro atoms. The number of hydrogen-bond donors (Lipinski definition) is 1. The molecule has 1 heterocycles. The first-order valence-electron chi connectivity index (χ1n) is 6.34. The Labute approximate surface area is 93.0 Å². The highest BCUT2D eigenvalue weighted by Crippen LogP contribution is 2.39. The summed E-state index contributed by atoms with van der Waals surface area (Å²) < 4.78 is 6.01. The van der Waals surface area contributed by atoms with Gasteiger partial charge in [0.05, 0.1) is 17.8 Å². The van der Waals surface area contributed by atoms with E-state index in [4.69, 9.17) is 4.74 Å². The Bertz CT molecular complexity index is 225. The first-order chi connectivity index (χ1) is 6.98. The fourth-order valence-electron chi connectivity index (χ4n) is 3.14. The highest BCUT2D eigenvalue weighted by Gasteiger charge is 2.37. The van der Waals surface area contributed by atoms with Gasteiger partial charge in [-0.05, 0) is 57.8 Å². The summed E-state index contributed by atoms with van der Waals surface area (Å²) in [7, 11) is 0. The summed E-state index contributed by atoms with van der Waals surface area (Å²) in [5.74, 6) is 1.15. The molecular formula is C13H24O2. The van der Waals surface area contributed by atoms with Crippen LogP contribution < -0.4 is 0 Å². The summed E-state index contributed by atoms with van der Waals surface area (Å²) in [6.45, 7) is 6.54. The molecule has 1 N–H and O–H groups in total. The van der Waals surface area contributed by atoms with Gasteiger partial charge in [-0.1, -0.05) is 6.92 Å². The molecule has 0 radical (unpaired) electrons. The maximum Gasteiger partial charge on any atom is 0.0631 e. The Morgan fingerprint density at radius 3 is 2.47 bits per heavy atom. The lowest BCUT2D eigenvalue weighted by atomic mass is 9.90. The Morgan fingerprint density at radius 2 is 2.00 bits per heavy atom. The van der Waals surface area contributed by atoms with Crippen LogP contribution in [0.15, 0.2) is 0 Å². The van der Waals surface area contributed by atoms with Gasteiger partial charge in [0.15, 0.2) is 0 Å². The summed E-state index contributed by atoms with van der Waals surface area (Å²) in [5, 5.41) is 9.70. The van der Waals surface area contributed by atoms with Crippen LogP contribution in [0.1, 0.15) is 52.9 Å². The van der Waals surface area contributed by atoms with Crippen molar-refractivity contribution in [2.45, 2.75) is 70.7 Å². The van der Waals surface area contributed by atoms with Crippen molar-refractivity contribution in [1.82, 2.24) is 0 Å². The third kappa shape index (κ3) is 2.54. The molecule has 0 aromatic heterocycles. The monoisotopic (exact) mass is 212 g/mol. The van der Waals surface area contributed by atoms with Gasteiger partial charge in [-0.25, -0.2) is 0 Å². The molecular weight excluding hydrogens is 188 g/mol. The SMILES string of the molecule is CC1C(O)CCC1CC1CCC(C)(C)O1. The van der Waals surface area contributed by atoms with Crippen molar-refractivity contribution in [3.63, 3.8) is 0 Å². The summed E-state index contributed by atoms with van der Waals surface area (Å²) in [6, 6.07) is 0. The van der Waals surface area contributed by atoms with E-state index in [1.165, 1.54) is 19.3 Å². The van der Waals surface area contributed by atoms with E-state index in [0.29, 0.717) is 17.9 Å². The molecule has 2 aliphatic rings. The van der Waals surface area contributed by atoms with E-state index >= 15 is 0 Å². The maximum atomic E-state index is 9.70. The lowest BCUT2D eigenvalue weighted by Gasteiger charge is -2.23. The van der Waals surface area contributed by atoms with Crippen molar-refractivity contribution < 1.29 is 9.84 Å². The molecule has 2 rings (SSSR count). The zero-order valence-corrected chi connectivity index (χ0v) is 10.2. The van der Waals surface area contributed by atoms with Crippen molar-refractivity contribution in [3.8, 4) is 0 Å². The number of rotatable bonds is 2. The predicted octanol–water partition coefficient (Wildman–Crippen LogP) is 2.74. The van der Waals surface area contributed by atoms with Gasteiger partial charge >= 0.3 is 0 Å². The second-order valence-electron chi connectivity index (χ2n) is 6.04. The van der Waals surface area contributed by atoms with Gasteiger partial charge in [0.1, 0.15) is 0 Å². The van der Waals surface area contributed by atoms with E-state index in [1.807, 2.05) is 0 Å². The molecule has 1 aliphatic carbocycles. The van der Waals surface area contributed by atoms with Gasteiger partial charge in [0, 0.05) is 0 Å². The van der Waals surface area contributed by atoms with E-state index in [9.17, 15) is 5.11 Å². The summed E-state index contributed by atoms with van der Waals surface area (Å²) in [4.78, 5) is 0. The highest BCUT2D eigenvalue weighted by molar-refractivity contribution is 4.87.